The van der Waals surface area contributed by atoms with E-state index in [0.717, 1.165) is 43.9 Å². The van der Waals surface area contributed by atoms with Crippen molar-refractivity contribution in [3.8, 4) is 0 Å². The smallest absolute Gasteiger partial charge is 0.245 e. The highest BCUT2D eigenvalue weighted by atomic mass is 16.6. The highest BCUT2D eigenvalue weighted by Crippen LogP contribution is 2.37. The van der Waals surface area contributed by atoms with E-state index in [0.29, 0.717) is 23.7 Å². The second kappa shape index (κ2) is 7.61. The van der Waals surface area contributed by atoms with E-state index in [9.17, 15) is 0 Å². The van der Waals surface area contributed by atoms with Crippen molar-refractivity contribution >= 4 is 22.9 Å². The number of rotatable bonds is 7. The molecule has 4 rings (SSSR count). The largest absolute Gasteiger partial charge is 0.385 e. The van der Waals surface area contributed by atoms with Crippen molar-refractivity contribution in [1.29, 1.82) is 0 Å². The summed E-state index contributed by atoms with van der Waals surface area (Å²) in [6, 6.07) is 6.16. The fraction of sp³-hybridized carbons (Fsp3) is 0.471. The third-order valence-corrected chi connectivity index (χ3v) is 4.47. The lowest BCUT2D eigenvalue weighted by atomic mass is 10.1. The first-order chi connectivity index (χ1) is 12.9. The minimum Gasteiger partial charge on any atom is -0.385 e. The van der Waals surface area contributed by atoms with Gasteiger partial charge in [-0.15, -0.1) is 0 Å². The van der Waals surface area contributed by atoms with E-state index in [1.54, 1.807) is 7.11 Å². The first kappa shape index (κ1) is 16.6. The summed E-state index contributed by atoms with van der Waals surface area (Å²) in [6.07, 6.45) is 4.79. The van der Waals surface area contributed by atoms with E-state index < -0.39 is 0 Å². The molecule has 0 spiro atoms. The van der Waals surface area contributed by atoms with Gasteiger partial charge in [-0.25, -0.2) is 14.6 Å². The van der Waals surface area contributed by atoms with Crippen molar-refractivity contribution in [2.24, 2.45) is 0 Å². The zero-order chi connectivity index (χ0) is 17.8. The standard InChI is InChI=1S/C17H21N7O2/c1-25-11-5-9-19-16-17(21-15-14(20-16)22-26-23-15)24-10-4-7-13(24)12-6-2-3-8-18-12/h2-3,6,8,13H,4-5,7,9-11H2,1H3,(H,19,20,22)/t13-/m0/s1. The summed E-state index contributed by atoms with van der Waals surface area (Å²) in [5, 5.41) is 11.0. The monoisotopic (exact) mass is 355 g/mol. The van der Waals surface area contributed by atoms with Crippen molar-refractivity contribution in [2.75, 3.05) is 37.0 Å². The summed E-state index contributed by atoms with van der Waals surface area (Å²) in [6.45, 7) is 2.30. The van der Waals surface area contributed by atoms with Gasteiger partial charge in [0.1, 0.15) is 0 Å². The van der Waals surface area contributed by atoms with Gasteiger partial charge in [0.05, 0.1) is 11.7 Å². The van der Waals surface area contributed by atoms with Crippen LogP contribution in [0.5, 0.6) is 0 Å². The lowest BCUT2D eigenvalue weighted by Gasteiger charge is -2.26. The van der Waals surface area contributed by atoms with Gasteiger partial charge in [0.25, 0.3) is 0 Å². The Morgan fingerprint density at radius 2 is 2.15 bits per heavy atom. The van der Waals surface area contributed by atoms with Gasteiger partial charge in [-0.2, -0.15) is 0 Å². The molecule has 1 aliphatic rings. The normalized spacial score (nSPS) is 17.1. The molecule has 26 heavy (non-hydrogen) atoms. The third-order valence-electron chi connectivity index (χ3n) is 4.47. The molecule has 4 heterocycles. The SMILES string of the molecule is COCCCNc1nc2nonc2nc1N1CCC[C@H]1c1ccccn1. The quantitative estimate of drug-likeness (QED) is 0.639. The number of aromatic nitrogens is 5. The average Bonchev–Trinajstić information content (AvgIpc) is 3.34. The van der Waals surface area contributed by atoms with Gasteiger partial charge in [0.15, 0.2) is 11.6 Å². The highest BCUT2D eigenvalue weighted by molar-refractivity contribution is 5.74. The van der Waals surface area contributed by atoms with Gasteiger partial charge in [-0.05, 0) is 41.7 Å². The van der Waals surface area contributed by atoms with Gasteiger partial charge in [0, 0.05) is 33.0 Å². The molecule has 0 aliphatic carbocycles. The molecule has 0 amide bonds. The molecule has 1 fully saturated rings. The van der Waals surface area contributed by atoms with Crippen LogP contribution in [0.1, 0.15) is 31.0 Å². The van der Waals surface area contributed by atoms with Gasteiger partial charge >= 0.3 is 0 Å². The number of nitrogens with zero attached hydrogens (tertiary/aromatic N) is 6. The summed E-state index contributed by atoms with van der Waals surface area (Å²) < 4.78 is 9.90. The molecular formula is C17H21N7O2. The summed E-state index contributed by atoms with van der Waals surface area (Å²) in [5.74, 6) is 1.45. The van der Waals surface area contributed by atoms with Crippen molar-refractivity contribution in [3.63, 3.8) is 0 Å². The van der Waals surface area contributed by atoms with Gasteiger partial charge in [-0.3, -0.25) is 4.98 Å². The minimum absolute atomic E-state index is 0.169. The van der Waals surface area contributed by atoms with Gasteiger partial charge in [-0.1, -0.05) is 6.07 Å². The number of hydrogen-bond donors (Lipinski definition) is 1. The van der Waals surface area contributed by atoms with Crippen LogP contribution in [0, 0.1) is 0 Å². The number of nitrogens with one attached hydrogen (secondary N) is 1. The average molecular weight is 355 g/mol. The van der Waals surface area contributed by atoms with Crippen LogP contribution < -0.4 is 10.2 Å². The van der Waals surface area contributed by atoms with Crippen LogP contribution in [0.3, 0.4) is 0 Å². The lowest BCUT2D eigenvalue weighted by molar-refractivity contribution is 0.198. The zero-order valence-electron chi connectivity index (χ0n) is 14.6. The van der Waals surface area contributed by atoms with Crippen molar-refractivity contribution in [3.05, 3.63) is 30.1 Å². The van der Waals surface area contributed by atoms with E-state index in [2.05, 4.69) is 41.5 Å². The summed E-state index contributed by atoms with van der Waals surface area (Å²) in [5.41, 5.74) is 1.85. The molecule has 3 aromatic rings. The van der Waals surface area contributed by atoms with Crippen LogP contribution in [0.25, 0.3) is 11.3 Å². The molecule has 0 radical (unpaired) electrons. The Morgan fingerprint density at radius 3 is 2.96 bits per heavy atom. The molecular weight excluding hydrogens is 334 g/mol. The second-order valence-electron chi connectivity index (χ2n) is 6.19. The first-order valence-corrected chi connectivity index (χ1v) is 8.77. The molecule has 1 atom stereocenters. The molecule has 9 heteroatoms. The van der Waals surface area contributed by atoms with E-state index in [-0.39, 0.29) is 6.04 Å². The van der Waals surface area contributed by atoms with E-state index >= 15 is 0 Å². The molecule has 1 aliphatic heterocycles. The second-order valence-corrected chi connectivity index (χ2v) is 6.19. The number of methoxy groups -OCH3 is 1. The summed E-state index contributed by atoms with van der Waals surface area (Å²) in [7, 11) is 1.69. The molecule has 1 saturated heterocycles. The first-order valence-electron chi connectivity index (χ1n) is 8.77. The van der Waals surface area contributed by atoms with E-state index in [1.807, 2.05) is 18.3 Å². The van der Waals surface area contributed by atoms with Crippen molar-refractivity contribution < 1.29 is 9.37 Å². The molecule has 0 unspecified atom stereocenters. The Balaban J connectivity index is 1.66. The summed E-state index contributed by atoms with van der Waals surface area (Å²) >= 11 is 0. The maximum Gasteiger partial charge on any atom is 0.245 e. The number of fused-ring (bicyclic) bond motifs is 1. The van der Waals surface area contributed by atoms with Crippen LogP contribution >= 0.6 is 0 Å². The van der Waals surface area contributed by atoms with Crippen molar-refractivity contribution in [2.45, 2.75) is 25.3 Å². The van der Waals surface area contributed by atoms with Crippen molar-refractivity contribution in [1.82, 2.24) is 25.3 Å². The Bertz CT molecular complexity index is 855. The predicted octanol–water partition coefficient (Wildman–Crippen LogP) is 2.20. The van der Waals surface area contributed by atoms with Crippen LogP contribution in [0.2, 0.25) is 0 Å². The summed E-state index contributed by atoms with van der Waals surface area (Å²) in [4.78, 5) is 16.0. The van der Waals surface area contributed by atoms with Crippen LogP contribution in [-0.4, -0.2) is 52.1 Å². The molecule has 9 nitrogen and oxygen atoms in total. The predicted molar refractivity (Wildman–Crippen MR) is 95.9 cm³/mol. The molecule has 136 valence electrons. The molecule has 3 aromatic heterocycles. The van der Waals surface area contributed by atoms with Gasteiger partial charge in [0.2, 0.25) is 11.3 Å². The fourth-order valence-electron chi connectivity index (χ4n) is 3.27. The van der Waals surface area contributed by atoms with Gasteiger partial charge < -0.3 is 15.0 Å². The fourth-order valence-corrected chi connectivity index (χ4v) is 3.27. The Kier molecular flexibility index (Phi) is 4.87. The van der Waals surface area contributed by atoms with Crippen LogP contribution in [0.15, 0.2) is 29.0 Å². The maximum absolute atomic E-state index is 5.11. The highest BCUT2D eigenvalue weighted by Gasteiger charge is 2.31. The zero-order valence-corrected chi connectivity index (χ0v) is 14.6. The van der Waals surface area contributed by atoms with E-state index in [1.165, 1.54) is 0 Å². The topological polar surface area (TPSA) is 102 Å². The molecule has 0 saturated carbocycles. The Morgan fingerprint density at radius 1 is 1.27 bits per heavy atom. The number of hydrogen-bond acceptors (Lipinski definition) is 9. The maximum atomic E-state index is 5.11. The van der Waals surface area contributed by atoms with Crippen LogP contribution in [0.4, 0.5) is 11.6 Å². The third kappa shape index (κ3) is 3.30. The number of pyridine rings is 1. The lowest BCUT2D eigenvalue weighted by Crippen LogP contribution is -2.26. The van der Waals surface area contributed by atoms with E-state index in [4.69, 9.17) is 9.37 Å². The van der Waals surface area contributed by atoms with Crippen LogP contribution in [-0.2, 0) is 4.74 Å². The molecule has 1 N–H and O–H groups in total. The molecule has 0 bridgehead atoms. The Hall–Kier alpha value is -2.81. The number of anilines is 2. The Labute approximate surface area is 150 Å². The number of ether oxygens (including phenoxy) is 1. The molecule has 0 aromatic carbocycles. The minimum atomic E-state index is 0.169.